The molecular weight excluding hydrogens is 687 g/mol. The van der Waals surface area contributed by atoms with Gasteiger partial charge in [-0.15, -0.1) is 25.6 Å². The Hall–Kier alpha value is -3.89. The fourth-order valence-corrected chi connectivity index (χ4v) is 5.65. The molecule has 18 heteroatoms. The van der Waals surface area contributed by atoms with E-state index >= 15 is 0 Å². The number of rotatable bonds is 11. The number of carboxylic acid groups (broad SMARTS) is 1. The van der Waals surface area contributed by atoms with E-state index in [1.54, 1.807) is 6.92 Å². The Labute approximate surface area is 275 Å². The zero-order chi connectivity index (χ0) is 34.7. The van der Waals surface area contributed by atoms with Gasteiger partial charge in [0.2, 0.25) is 5.89 Å². The van der Waals surface area contributed by atoms with Gasteiger partial charge in [-0.3, -0.25) is 4.79 Å². The Kier molecular flexibility index (Phi) is 12.1. The van der Waals surface area contributed by atoms with Gasteiger partial charge in [-0.05, 0) is 91.2 Å². The van der Waals surface area contributed by atoms with Crippen LogP contribution in [0.5, 0.6) is 5.75 Å². The van der Waals surface area contributed by atoms with E-state index in [2.05, 4.69) is 14.9 Å². The summed E-state index contributed by atoms with van der Waals surface area (Å²) in [4.78, 5) is 18.5. The Morgan fingerprint density at radius 1 is 0.917 bits per heavy atom. The third-order valence-electron chi connectivity index (χ3n) is 7.86. The van der Waals surface area contributed by atoms with Crippen molar-refractivity contribution >= 4 is 30.0 Å². The first-order chi connectivity index (χ1) is 21.8. The fourth-order valence-electron chi connectivity index (χ4n) is 5.65. The minimum absolute atomic E-state index is 0. The van der Waals surface area contributed by atoms with Crippen molar-refractivity contribution in [3.63, 3.8) is 0 Å². The molecule has 1 aliphatic rings. The molecule has 0 saturated heterocycles. The summed E-state index contributed by atoms with van der Waals surface area (Å²) in [6.07, 6.45) is -13.1. The molecule has 1 aliphatic carbocycles. The van der Waals surface area contributed by atoms with E-state index in [4.69, 9.17) is 4.52 Å². The van der Waals surface area contributed by atoms with Crippen molar-refractivity contribution in [2.75, 3.05) is 22.9 Å². The Balaban J connectivity index is 0.00000625. The lowest BCUT2D eigenvalue weighted by atomic mass is 9.81. The summed E-state index contributed by atoms with van der Waals surface area (Å²) in [6, 6.07) is 4.65. The van der Waals surface area contributed by atoms with E-state index in [0.29, 0.717) is 56.6 Å². The maximum Gasteiger partial charge on any atom is 0.573 e. The molecule has 1 saturated carbocycles. The number of anilines is 2. The van der Waals surface area contributed by atoms with Gasteiger partial charge in [0, 0.05) is 38.8 Å². The number of hydrogen-bond acceptors (Lipinski definition) is 7. The fraction of sp³-hybridized carbons (Fsp3) is 0.500. The monoisotopic (exact) mass is 718 g/mol. The van der Waals surface area contributed by atoms with Crippen molar-refractivity contribution in [1.82, 2.24) is 10.1 Å². The summed E-state index contributed by atoms with van der Waals surface area (Å²) < 4.78 is 130. The summed E-state index contributed by atoms with van der Waals surface area (Å²) in [5.41, 5.74) is -2.89. The molecule has 1 heterocycles. The third-order valence-corrected chi connectivity index (χ3v) is 7.86. The molecule has 0 bridgehead atoms. The molecule has 0 unspecified atom stereocenters. The van der Waals surface area contributed by atoms with Crippen LogP contribution in [0.15, 0.2) is 40.9 Å². The summed E-state index contributed by atoms with van der Waals surface area (Å²) in [7, 11) is 0. The standard InChI is InChI=1S/C30H31F9N4O4.ClH/c1-3-42(14-18-4-6-20(7-5-18)26(44)45)25-9-8-24(46-30(37,38)39)12-21(25)16-43(27-40-17(2)47-41-27)15-19-10-22(28(31,32)33)13-23(11-19)29(34,35)36;/h8-13,18,20H,3-7,14-16H2,1-2H3,(H,44,45);1H/t18-,20-;. The van der Waals surface area contributed by atoms with Crippen molar-refractivity contribution in [3.8, 4) is 5.75 Å². The van der Waals surface area contributed by atoms with Crippen molar-refractivity contribution in [3.05, 3.63) is 64.5 Å². The van der Waals surface area contributed by atoms with Gasteiger partial charge in [-0.2, -0.15) is 31.3 Å². The van der Waals surface area contributed by atoms with Gasteiger partial charge in [-0.25, -0.2) is 0 Å². The molecule has 0 atom stereocenters. The van der Waals surface area contributed by atoms with Gasteiger partial charge in [-0.1, -0.05) is 0 Å². The molecule has 0 aliphatic heterocycles. The number of aromatic nitrogens is 2. The van der Waals surface area contributed by atoms with Crippen LogP contribution in [-0.4, -0.2) is 40.7 Å². The van der Waals surface area contributed by atoms with Crippen LogP contribution < -0.4 is 14.5 Å². The summed E-state index contributed by atoms with van der Waals surface area (Å²) in [6.45, 7) is 3.01. The molecule has 3 aromatic rings. The molecule has 1 N–H and O–H groups in total. The Bertz CT molecular complexity index is 1510. The highest BCUT2D eigenvalue weighted by Gasteiger charge is 2.37. The minimum atomic E-state index is -5.11. The van der Waals surface area contributed by atoms with Crippen LogP contribution in [0.2, 0.25) is 0 Å². The number of alkyl halides is 9. The number of halogens is 10. The van der Waals surface area contributed by atoms with Crippen LogP contribution in [0, 0.1) is 18.8 Å². The normalized spacial score (nSPS) is 17.1. The zero-order valence-corrected chi connectivity index (χ0v) is 26.4. The molecule has 48 heavy (non-hydrogen) atoms. The van der Waals surface area contributed by atoms with Crippen LogP contribution in [0.1, 0.15) is 60.8 Å². The molecule has 0 radical (unpaired) electrons. The molecule has 0 spiro atoms. The Morgan fingerprint density at radius 2 is 1.52 bits per heavy atom. The maximum absolute atomic E-state index is 13.6. The van der Waals surface area contributed by atoms with Crippen LogP contribution in [0.25, 0.3) is 0 Å². The second-order valence-electron chi connectivity index (χ2n) is 11.3. The first-order valence-corrected chi connectivity index (χ1v) is 14.5. The topological polar surface area (TPSA) is 91.9 Å². The largest absolute Gasteiger partial charge is 0.573 e. The maximum atomic E-state index is 13.6. The smallest absolute Gasteiger partial charge is 0.481 e. The van der Waals surface area contributed by atoms with E-state index in [1.807, 2.05) is 4.90 Å². The minimum Gasteiger partial charge on any atom is -0.481 e. The van der Waals surface area contributed by atoms with Crippen LogP contribution in [-0.2, 0) is 30.2 Å². The SMILES string of the molecule is CCN(C[C@H]1CC[C@H](C(=O)O)CC1)c1ccc(OC(F)(F)F)cc1CN(Cc1cc(C(F)(F)F)cc(C(F)(F)F)c1)c1noc(C)n1.Cl. The lowest BCUT2D eigenvalue weighted by Gasteiger charge is -2.34. The van der Waals surface area contributed by atoms with Crippen molar-refractivity contribution in [1.29, 1.82) is 0 Å². The molecule has 1 aromatic heterocycles. The van der Waals surface area contributed by atoms with Gasteiger partial charge >= 0.3 is 24.7 Å². The third kappa shape index (κ3) is 10.3. The average Bonchev–Trinajstić information content (AvgIpc) is 3.40. The molecule has 8 nitrogen and oxygen atoms in total. The highest BCUT2D eigenvalue weighted by molar-refractivity contribution is 5.85. The lowest BCUT2D eigenvalue weighted by molar-refractivity contribution is -0.274. The summed E-state index contributed by atoms with van der Waals surface area (Å²) in [5, 5.41) is 13.1. The van der Waals surface area contributed by atoms with E-state index in [9.17, 15) is 49.4 Å². The predicted octanol–water partition coefficient (Wildman–Crippen LogP) is 8.66. The Morgan fingerprint density at radius 3 is 2.00 bits per heavy atom. The zero-order valence-electron chi connectivity index (χ0n) is 25.5. The van der Waals surface area contributed by atoms with Crippen LogP contribution in [0.4, 0.5) is 51.1 Å². The van der Waals surface area contributed by atoms with Crippen molar-refractivity contribution < 1.29 is 58.7 Å². The average molecular weight is 719 g/mol. The number of aryl methyl sites for hydroxylation is 1. The second-order valence-corrected chi connectivity index (χ2v) is 11.3. The van der Waals surface area contributed by atoms with Gasteiger partial charge in [0.05, 0.1) is 17.0 Å². The lowest BCUT2D eigenvalue weighted by Crippen LogP contribution is -2.34. The summed E-state index contributed by atoms with van der Waals surface area (Å²) in [5.74, 6) is -2.08. The van der Waals surface area contributed by atoms with Gasteiger partial charge in [0.15, 0.2) is 0 Å². The molecular formula is C30H32ClF9N4O4. The molecule has 0 amide bonds. The summed E-state index contributed by atoms with van der Waals surface area (Å²) >= 11 is 0. The quantitative estimate of drug-likeness (QED) is 0.197. The highest BCUT2D eigenvalue weighted by atomic mass is 35.5. The predicted molar refractivity (Wildman–Crippen MR) is 157 cm³/mol. The second kappa shape index (κ2) is 15.1. The van der Waals surface area contributed by atoms with E-state index in [1.165, 1.54) is 17.9 Å². The molecule has 266 valence electrons. The van der Waals surface area contributed by atoms with Crippen LogP contribution >= 0.6 is 12.4 Å². The van der Waals surface area contributed by atoms with Gasteiger partial charge < -0.3 is 24.2 Å². The van der Waals surface area contributed by atoms with Crippen molar-refractivity contribution in [2.24, 2.45) is 11.8 Å². The first kappa shape index (κ1) is 38.6. The van der Waals surface area contributed by atoms with E-state index in [0.717, 1.165) is 12.1 Å². The number of hydrogen-bond donors (Lipinski definition) is 1. The number of carbonyl (C=O) groups is 1. The first-order valence-electron chi connectivity index (χ1n) is 14.5. The number of benzene rings is 2. The number of aliphatic carboxylic acids is 1. The van der Waals surface area contributed by atoms with Crippen molar-refractivity contribution in [2.45, 2.75) is 71.3 Å². The van der Waals surface area contributed by atoms with Crippen LogP contribution in [0.3, 0.4) is 0 Å². The number of carboxylic acids is 1. The number of ether oxygens (including phenoxy) is 1. The van der Waals surface area contributed by atoms with E-state index < -0.39 is 59.6 Å². The molecule has 4 rings (SSSR count). The number of nitrogens with zero attached hydrogens (tertiary/aromatic N) is 4. The van der Waals surface area contributed by atoms with Gasteiger partial charge in [0.25, 0.3) is 5.95 Å². The molecule has 2 aromatic carbocycles. The van der Waals surface area contributed by atoms with Gasteiger partial charge in [0.1, 0.15) is 5.75 Å². The van der Waals surface area contributed by atoms with E-state index in [-0.39, 0.29) is 48.3 Å². The highest BCUT2D eigenvalue weighted by Crippen LogP contribution is 2.38. The molecule has 1 fully saturated rings.